The van der Waals surface area contributed by atoms with Crippen molar-refractivity contribution in [1.29, 1.82) is 0 Å². The quantitative estimate of drug-likeness (QED) is 0.764. The number of hydrogen-bond acceptors (Lipinski definition) is 3. The minimum Gasteiger partial charge on any atom is -0.325 e. The summed E-state index contributed by atoms with van der Waals surface area (Å²) in [6, 6.07) is 17.6. The van der Waals surface area contributed by atoms with E-state index in [-0.39, 0.29) is 11.8 Å². The minimum absolute atomic E-state index is 0.0119. The standard InChI is InChI=1S/C20H18N4O/c1-12-17(14-6-4-3-5-7-14)18(12)20(25)22-16-10-8-15(9-11-16)19-21-13(2)23-24-19/h3-11,18H,1-2H3,(H,22,25)(H,21,23,24). The van der Waals surface area contributed by atoms with Gasteiger partial charge in [-0.2, -0.15) is 5.10 Å². The Kier molecular flexibility index (Phi) is 3.69. The van der Waals surface area contributed by atoms with Gasteiger partial charge >= 0.3 is 0 Å². The summed E-state index contributed by atoms with van der Waals surface area (Å²) in [6.45, 7) is 3.88. The smallest absolute Gasteiger partial charge is 0.236 e. The van der Waals surface area contributed by atoms with E-state index in [0.29, 0.717) is 5.82 Å². The van der Waals surface area contributed by atoms with E-state index in [1.165, 1.54) is 0 Å². The molecule has 1 atom stereocenters. The number of aromatic nitrogens is 3. The summed E-state index contributed by atoms with van der Waals surface area (Å²) in [4.78, 5) is 16.8. The Hall–Kier alpha value is -3.21. The molecule has 2 aromatic carbocycles. The average Bonchev–Trinajstić information content (AvgIpc) is 3.11. The van der Waals surface area contributed by atoms with E-state index in [1.54, 1.807) is 0 Å². The molecule has 3 aromatic rings. The summed E-state index contributed by atoms with van der Waals surface area (Å²) in [6.07, 6.45) is 0. The maximum absolute atomic E-state index is 12.5. The molecule has 0 fully saturated rings. The molecule has 0 radical (unpaired) electrons. The van der Waals surface area contributed by atoms with E-state index in [4.69, 9.17) is 0 Å². The third-order valence-electron chi connectivity index (χ3n) is 4.42. The molecule has 0 spiro atoms. The number of amides is 1. The Bertz CT molecular complexity index is 955. The summed E-state index contributed by atoms with van der Waals surface area (Å²) < 4.78 is 0. The molecule has 0 saturated carbocycles. The maximum atomic E-state index is 12.5. The van der Waals surface area contributed by atoms with E-state index in [2.05, 4.69) is 20.5 Å². The van der Waals surface area contributed by atoms with Crippen molar-refractivity contribution in [3.63, 3.8) is 0 Å². The van der Waals surface area contributed by atoms with Crippen molar-refractivity contribution in [2.45, 2.75) is 13.8 Å². The second-order valence-electron chi connectivity index (χ2n) is 6.21. The van der Waals surface area contributed by atoms with Crippen molar-refractivity contribution in [2.24, 2.45) is 5.92 Å². The lowest BCUT2D eigenvalue weighted by molar-refractivity contribution is -0.116. The van der Waals surface area contributed by atoms with Gasteiger partial charge in [0, 0.05) is 11.3 Å². The van der Waals surface area contributed by atoms with Crippen LogP contribution in [0.5, 0.6) is 0 Å². The molecule has 1 amide bonds. The predicted octanol–water partition coefficient (Wildman–Crippen LogP) is 3.82. The normalized spacial score (nSPS) is 16.0. The fourth-order valence-corrected chi connectivity index (χ4v) is 3.06. The first kappa shape index (κ1) is 15.3. The molecule has 5 nitrogen and oxygen atoms in total. The highest BCUT2D eigenvalue weighted by atomic mass is 16.2. The van der Waals surface area contributed by atoms with Gasteiger partial charge in [-0.1, -0.05) is 35.9 Å². The first-order chi connectivity index (χ1) is 12.1. The van der Waals surface area contributed by atoms with E-state index in [0.717, 1.165) is 33.8 Å². The van der Waals surface area contributed by atoms with Crippen LogP contribution in [0.15, 0.2) is 60.2 Å². The second-order valence-corrected chi connectivity index (χ2v) is 6.21. The van der Waals surface area contributed by atoms with Crippen LogP contribution in [0.2, 0.25) is 0 Å². The van der Waals surface area contributed by atoms with Gasteiger partial charge in [-0.25, -0.2) is 4.98 Å². The van der Waals surface area contributed by atoms with Gasteiger partial charge in [0.1, 0.15) is 5.82 Å². The van der Waals surface area contributed by atoms with Crippen LogP contribution < -0.4 is 5.32 Å². The molecule has 1 unspecified atom stereocenters. The van der Waals surface area contributed by atoms with E-state index < -0.39 is 0 Å². The summed E-state index contributed by atoms with van der Waals surface area (Å²) in [5, 5.41) is 9.95. The van der Waals surface area contributed by atoms with Gasteiger partial charge < -0.3 is 5.32 Å². The maximum Gasteiger partial charge on any atom is 0.236 e. The highest BCUT2D eigenvalue weighted by Crippen LogP contribution is 2.47. The molecule has 1 heterocycles. The van der Waals surface area contributed by atoms with Gasteiger partial charge in [-0.3, -0.25) is 9.89 Å². The highest BCUT2D eigenvalue weighted by Gasteiger charge is 2.39. The van der Waals surface area contributed by atoms with Gasteiger partial charge in [0.2, 0.25) is 5.91 Å². The third kappa shape index (κ3) is 2.96. The molecule has 1 aliphatic rings. The van der Waals surface area contributed by atoms with Crippen LogP contribution in [0, 0.1) is 12.8 Å². The van der Waals surface area contributed by atoms with Crippen LogP contribution in [0.3, 0.4) is 0 Å². The second kappa shape index (κ2) is 6.02. The lowest BCUT2D eigenvalue weighted by Crippen LogP contribution is -2.15. The summed E-state index contributed by atoms with van der Waals surface area (Å²) in [5.74, 6) is 1.31. The Balaban J connectivity index is 1.44. The van der Waals surface area contributed by atoms with Gasteiger partial charge in [0.05, 0.1) is 5.92 Å². The number of anilines is 1. The van der Waals surface area contributed by atoms with Crippen molar-refractivity contribution < 1.29 is 4.79 Å². The number of nitrogens with one attached hydrogen (secondary N) is 2. The number of aryl methyl sites for hydroxylation is 1. The van der Waals surface area contributed by atoms with Crippen LogP contribution in [0.4, 0.5) is 5.69 Å². The number of hydrogen-bond donors (Lipinski definition) is 2. The fourth-order valence-electron chi connectivity index (χ4n) is 3.06. The zero-order valence-corrected chi connectivity index (χ0v) is 14.1. The van der Waals surface area contributed by atoms with Gasteiger partial charge in [0.15, 0.2) is 5.82 Å². The molecular weight excluding hydrogens is 312 g/mol. The zero-order chi connectivity index (χ0) is 17.4. The molecule has 124 valence electrons. The largest absolute Gasteiger partial charge is 0.325 e. The van der Waals surface area contributed by atoms with Gasteiger partial charge in [0.25, 0.3) is 0 Å². The molecule has 0 bridgehead atoms. The monoisotopic (exact) mass is 330 g/mol. The predicted molar refractivity (Wildman–Crippen MR) is 97.7 cm³/mol. The average molecular weight is 330 g/mol. The number of H-pyrrole nitrogens is 1. The molecule has 5 heteroatoms. The Morgan fingerprint density at radius 2 is 1.72 bits per heavy atom. The van der Waals surface area contributed by atoms with Gasteiger partial charge in [-0.15, -0.1) is 0 Å². The van der Waals surface area contributed by atoms with Crippen LogP contribution in [0.1, 0.15) is 18.3 Å². The van der Waals surface area contributed by atoms with E-state index >= 15 is 0 Å². The number of aromatic amines is 1. The third-order valence-corrected chi connectivity index (χ3v) is 4.42. The van der Waals surface area contributed by atoms with E-state index in [9.17, 15) is 4.79 Å². The number of benzene rings is 2. The molecule has 0 saturated heterocycles. The summed E-state index contributed by atoms with van der Waals surface area (Å²) in [7, 11) is 0. The summed E-state index contributed by atoms with van der Waals surface area (Å²) in [5.41, 5.74) is 5.07. The van der Waals surface area contributed by atoms with Crippen molar-refractivity contribution in [3.8, 4) is 11.4 Å². The SMILES string of the molecule is CC1=C(c2ccccc2)C1C(=O)Nc1ccc(-c2n[nH]c(C)n2)cc1. The minimum atomic E-state index is -0.127. The Labute approximate surface area is 145 Å². The fraction of sp³-hybridized carbons (Fsp3) is 0.150. The van der Waals surface area contributed by atoms with Crippen molar-refractivity contribution >= 4 is 17.2 Å². The lowest BCUT2D eigenvalue weighted by atomic mass is 10.1. The molecule has 1 aliphatic carbocycles. The first-order valence-corrected chi connectivity index (χ1v) is 8.20. The van der Waals surface area contributed by atoms with Crippen LogP contribution in [-0.2, 0) is 4.79 Å². The van der Waals surface area contributed by atoms with E-state index in [1.807, 2.05) is 68.4 Å². The lowest BCUT2D eigenvalue weighted by Gasteiger charge is -2.06. The van der Waals surface area contributed by atoms with Crippen molar-refractivity contribution in [3.05, 3.63) is 71.6 Å². The number of rotatable bonds is 4. The molecular formula is C20H18N4O. The van der Waals surface area contributed by atoms with Crippen LogP contribution in [-0.4, -0.2) is 21.1 Å². The van der Waals surface area contributed by atoms with Crippen molar-refractivity contribution in [2.75, 3.05) is 5.32 Å². The summed E-state index contributed by atoms with van der Waals surface area (Å²) >= 11 is 0. The highest BCUT2D eigenvalue weighted by molar-refractivity contribution is 6.11. The number of nitrogens with zero attached hydrogens (tertiary/aromatic N) is 2. The molecule has 25 heavy (non-hydrogen) atoms. The number of carbonyl (C=O) groups is 1. The van der Waals surface area contributed by atoms with Gasteiger partial charge in [-0.05, 0) is 49.2 Å². The topological polar surface area (TPSA) is 70.7 Å². The Morgan fingerprint density at radius 1 is 1.00 bits per heavy atom. The van der Waals surface area contributed by atoms with Crippen molar-refractivity contribution in [1.82, 2.24) is 15.2 Å². The molecule has 4 rings (SSSR count). The number of carbonyl (C=O) groups excluding carboxylic acids is 1. The molecule has 0 aliphatic heterocycles. The molecule has 2 N–H and O–H groups in total. The first-order valence-electron chi connectivity index (χ1n) is 8.20. The Morgan fingerprint density at radius 3 is 2.36 bits per heavy atom. The molecule has 1 aromatic heterocycles. The van der Waals surface area contributed by atoms with Crippen LogP contribution in [0.25, 0.3) is 17.0 Å². The zero-order valence-electron chi connectivity index (χ0n) is 14.1. The van der Waals surface area contributed by atoms with Crippen LogP contribution >= 0.6 is 0 Å².